The number of hydrogen-bond donors (Lipinski definition) is 2. The van der Waals surface area contributed by atoms with Crippen LogP contribution in [0.25, 0.3) is 0 Å². The Morgan fingerprint density at radius 3 is 2.31 bits per heavy atom. The molecule has 0 unspecified atom stereocenters. The third-order valence-electron chi connectivity index (χ3n) is 3.99. The summed E-state index contributed by atoms with van der Waals surface area (Å²) in [6.45, 7) is 6.16. The molecule has 0 saturated heterocycles. The number of rotatable bonds is 5. The van der Waals surface area contributed by atoms with E-state index >= 15 is 0 Å². The lowest BCUT2D eigenvalue weighted by atomic mass is 10.1. The first-order chi connectivity index (χ1) is 12.5. The van der Waals surface area contributed by atoms with Gasteiger partial charge in [-0.2, -0.15) is 0 Å². The number of carbonyl (C=O) groups excluding carboxylic acids is 1. The van der Waals surface area contributed by atoms with E-state index in [2.05, 4.69) is 47.7 Å². The van der Waals surface area contributed by atoms with Gasteiger partial charge in [-0.1, -0.05) is 35.9 Å². The molecule has 0 atom stereocenters. The molecule has 2 aromatic carbocycles. The molecule has 0 aliphatic heterocycles. The molecule has 0 spiro atoms. The molecular weight excluding hydrogens is 322 g/mol. The van der Waals surface area contributed by atoms with Crippen LogP contribution < -0.4 is 10.6 Å². The zero-order valence-corrected chi connectivity index (χ0v) is 15.3. The largest absolute Gasteiger partial charge is 0.340 e. The van der Waals surface area contributed by atoms with Crippen LogP contribution in [0, 0.1) is 20.8 Å². The molecule has 0 bridgehead atoms. The summed E-state index contributed by atoms with van der Waals surface area (Å²) in [5.74, 6) is 0.694. The summed E-state index contributed by atoms with van der Waals surface area (Å²) in [6, 6.07) is 18.0. The summed E-state index contributed by atoms with van der Waals surface area (Å²) in [6.07, 6.45) is 2.02. The van der Waals surface area contributed by atoms with E-state index in [4.69, 9.17) is 0 Å². The monoisotopic (exact) mass is 345 g/mol. The number of aryl methyl sites for hydroxylation is 3. The van der Waals surface area contributed by atoms with Gasteiger partial charge in [0.25, 0.3) is 0 Å². The molecule has 1 heterocycles. The average Bonchev–Trinajstić information content (AvgIpc) is 2.55. The number of nitrogens with one attached hydrogen (secondary N) is 2. The highest BCUT2D eigenvalue weighted by Crippen LogP contribution is 2.19. The molecule has 0 aliphatic rings. The van der Waals surface area contributed by atoms with Crippen molar-refractivity contribution < 1.29 is 4.79 Å². The van der Waals surface area contributed by atoms with E-state index in [1.807, 2.05) is 43.3 Å². The molecule has 4 heteroatoms. The molecule has 2 N–H and O–H groups in total. The molecule has 0 saturated carbocycles. The van der Waals surface area contributed by atoms with Crippen molar-refractivity contribution in [3.63, 3.8) is 0 Å². The lowest BCUT2D eigenvalue weighted by Gasteiger charge is -2.09. The van der Waals surface area contributed by atoms with Gasteiger partial charge in [-0.15, -0.1) is 0 Å². The number of anilines is 3. The van der Waals surface area contributed by atoms with Crippen molar-refractivity contribution in [3.8, 4) is 0 Å². The van der Waals surface area contributed by atoms with Crippen LogP contribution in [0.15, 0.2) is 60.8 Å². The number of hydrogen-bond acceptors (Lipinski definition) is 3. The predicted octanol–water partition coefficient (Wildman–Crippen LogP) is 4.93. The summed E-state index contributed by atoms with van der Waals surface area (Å²) in [4.78, 5) is 16.6. The summed E-state index contributed by atoms with van der Waals surface area (Å²) < 4.78 is 0. The Bertz CT molecular complexity index is 897. The summed E-state index contributed by atoms with van der Waals surface area (Å²) >= 11 is 0. The van der Waals surface area contributed by atoms with Gasteiger partial charge in [0.15, 0.2) is 0 Å². The van der Waals surface area contributed by atoms with Crippen molar-refractivity contribution in [1.82, 2.24) is 4.98 Å². The normalized spacial score (nSPS) is 10.4. The fourth-order valence-electron chi connectivity index (χ4n) is 2.95. The van der Waals surface area contributed by atoms with Gasteiger partial charge in [0.05, 0.1) is 18.3 Å². The summed E-state index contributed by atoms with van der Waals surface area (Å²) in [5, 5.41) is 6.18. The third kappa shape index (κ3) is 4.93. The number of aromatic nitrogens is 1. The smallest absolute Gasteiger partial charge is 0.228 e. The molecular formula is C22H23N3O. The fraction of sp³-hybridized carbons (Fsp3) is 0.182. The van der Waals surface area contributed by atoms with E-state index in [9.17, 15) is 4.79 Å². The molecule has 0 fully saturated rings. The van der Waals surface area contributed by atoms with Crippen molar-refractivity contribution in [2.45, 2.75) is 27.2 Å². The molecule has 26 heavy (non-hydrogen) atoms. The lowest BCUT2D eigenvalue weighted by molar-refractivity contribution is -0.115. The van der Waals surface area contributed by atoms with E-state index in [0.29, 0.717) is 12.1 Å². The Balaban J connectivity index is 1.61. The van der Waals surface area contributed by atoms with Crippen LogP contribution in [0.3, 0.4) is 0 Å². The highest BCUT2D eigenvalue weighted by atomic mass is 16.1. The van der Waals surface area contributed by atoms with E-state index in [1.54, 1.807) is 6.20 Å². The van der Waals surface area contributed by atoms with Crippen molar-refractivity contribution >= 4 is 23.1 Å². The van der Waals surface area contributed by atoms with Crippen LogP contribution in [-0.4, -0.2) is 10.9 Å². The molecule has 1 amide bonds. The number of nitrogens with zero attached hydrogens (tertiary/aromatic N) is 1. The van der Waals surface area contributed by atoms with Crippen LogP contribution in [0.5, 0.6) is 0 Å². The zero-order chi connectivity index (χ0) is 18.5. The fourth-order valence-corrected chi connectivity index (χ4v) is 2.95. The average molecular weight is 345 g/mol. The Morgan fingerprint density at radius 1 is 0.885 bits per heavy atom. The SMILES string of the molecule is Cc1cccc(CC(=O)Nc2ccc(Nc3cc(C)cc(C)c3)nc2)c1. The first-order valence-corrected chi connectivity index (χ1v) is 8.65. The maximum absolute atomic E-state index is 12.2. The van der Waals surface area contributed by atoms with E-state index in [-0.39, 0.29) is 5.91 Å². The van der Waals surface area contributed by atoms with Gasteiger partial charge >= 0.3 is 0 Å². The van der Waals surface area contributed by atoms with E-state index in [0.717, 1.165) is 22.6 Å². The van der Waals surface area contributed by atoms with Crippen LogP contribution in [0.1, 0.15) is 22.3 Å². The maximum Gasteiger partial charge on any atom is 0.228 e. The second-order valence-electron chi connectivity index (χ2n) is 6.65. The minimum absolute atomic E-state index is 0.0487. The minimum atomic E-state index is -0.0487. The number of carbonyl (C=O) groups is 1. The van der Waals surface area contributed by atoms with E-state index in [1.165, 1.54) is 11.1 Å². The maximum atomic E-state index is 12.2. The standard InChI is InChI=1S/C22H23N3O/c1-15-5-4-6-18(10-15)13-22(26)25-19-7-8-21(23-14-19)24-20-11-16(2)9-17(3)12-20/h4-12,14H,13H2,1-3H3,(H,23,24)(H,25,26). The number of amides is 1. The van der Waals surface area contributed by atoms with Crippen molar-refractivity contribution in [1.29, 1.82) is 0 Å². The number of pyridine rings is 1. The van der Waals surface area contributed by atoms with Gasteiger partial charge in [-0.05, 0) is 61.7 Å². The van der Waals surface area contributed by atoms with Gasteiger partial charge in [0.2, 0.25) is 5.91 Å². The van der Waals surface area contributed by atoms with Crippen LogP contribution in [0.2, 0.25) is 0 Å². The molecule has 1 aromatic heterocycles. The van der Waals surface area contributed by atoms with Crippen LogP contribution in [0.4, 0.5) is 17.2 Å². The topological polar surface area (TPSA) is 54.0 Å². The molecule has 132 valence electrons. The second-order valence-corrected chi connectivity index (χ2v) is 6.65. The van der Waals surface area contributed by atoms with Crippen molar-refractivity contribution in [3.05, 3.63) is 83.0 Å². The first-order valence-electron chi connectivity index (χ1n) is 8.65. The van der Waals surface area contributed by atoms with Crippen molar-refractivity contribution in [2.75, 3.05) is 10.6 Å². The molecule has 4 nitrogen and oxygen atoms in total. The Labute approximate surface area is 154 Å². The summed E-state index contributed by atoms with van der Waals surface area (Å²) in [5.41, 5.74) is 6.25. The quantitative estimate of drug-likeness (QED) is 0.689. The first kappa shape index (κ1) is 17.7. The number of benzene rings is 2. The summed E-state index contributed by atoms with van der Waals surface area (Å²) in [7, 11) is 0. The lowest BCUT2D eigenvalue weighted by Crippen LogP contribution is -2.14. The second kappa shape index (κ2) is 7.83. The van der Waals surface area contributed by atoms with Crippen molar-refractivity contribution in [2.24, 2.45) is 0 Å². The minimum Gasteiger partial charge on any atom is -0.340 e. The Hall–Kier alpha value is -3.14. The van der Waals surface area contributed by atoms with Gasteiger partial charge < -0.3 is 10.6 Å². The van der Waals surface area contributed by atoms with E-state index < -0.39 is 0 Å². The van der Waals surface area contributed by atoms with Gasteiger partial charge in [-0.3, -0.25) is 4.79 Å². The molecule has 0 radical (unpaired) electrons. The highest BCUT2D eigenvalue weighted by molar-refractivity contribution is 5.92. The van der Waals surface area contributed by atoms with Crippen LogP contribution in [-0.2, 0) is 11.2 Å². The Morgan fingerprint density at radius 2 is 1.65 bits per heavy atom. The van der Waals surface area contributed by atoms with Gasteiger partial charge in [-0.25, -0.2) is 4.98 Å². The molecule has 0 aliphatic carbocycles. The van der Waals surface area contributed by atoms with Gasteiger partial charge in [0.1, 0.15) is 5.82 Å². The van der Waals surface area contributed by atoms with Crippen LogP contribution >= 0.6 is 0 Å². The Kier molecular flexibility index (Phi) is 5.32. The zero-order valence-electron chi connectivity index (χ0n) is 15.3. The highest BCUT2D eigenvalue weighted by Gasteiger charge is 2.05. The molecule has 3 rings (SSSR count). The third-order valence-corrected chi connectivity index (χ3v) is 3.99. The van der Waals surface area contributed by atoms with Gasteiger partial charge in [0, 0.05) is 5.69 Å². The molecule has 3 aromatic rings. The predicted molar refractivity (Wildman–Crippen MR) is 107 cm³/mol.